The number of hydrogen-bond donors (Lipinski definition) is 0. The molecule has 4 unspecified atom stereocenters. The summed E-state index contributed by atoms with van der Waals surface area (Å²) >= 11 is 6.12. The molecule has 3 heterocycles. The van der Waals surface area contributed by atoms with Crippen molar-refractivity contribution in [2.24, 2.45) is 11.8 Å². The van der Waals surface area contributed by atoms with Gasteiger partial charge in [0.1, 0.15) is 0 Å². The van der Waals surface area contributed by atoms with Crippen LogP contribution in [-0.2, 0) is 14.3 Å². The fraction of sp³-hybridized carbons (Fsp3) is 0.333. The lowest BCUT2D eigenvalue weighted by Crippen LogP contribution is -2.38. The molecule has 0 spiro atoms. The maximum absolute atomic E-state index is 12.7. The summed E-state index contributed by atoms with van der Waals surface area (Å²) in [5, 5.41) is 0.403. The Hall–Kier alpha value is -1.65. The Labute approximate surface area is 121 Å². The largest absolute Gasteiger partial charge is 0.362 e. The fourth-order valence-electron chi connectivity index (χ4n) is 3.52. The van der Waals surface area contributed by atoms with Crippen molar-refractivity contribution in [2.75, 3.05) is 4.90 Å². The smallest absolute Gasteiger partial charge is 0.241 e. The van der Waals surface area contributed by atoms with Crippen LogP contribution in [0.15, 0.2) is 36.4 Å². The molecule has 4 nitrogen and oxygen atoms in total. The van der Waals surface area contributed by atoms with Gasteiger partial charge in [-0.15, -0.1) is 0 Å². The molecule has 2 saturated heterocycles. The average molecular weight is 290 g/mol. The Morgan fingerprint density at radius 3 is 2.70 bits per heavy atom. The molecule has 2 bridgehead atoms. The van der Waals surface area contributed by atoms with Crippen molar-refractivity contribution in [1.82, 2.24) is 0 Å². The second kappa shape index (κ2) is 3.71. The van der Waals surface area contributed by atoms with Crippen LogP contribution in [0.4, 0.5) is 5.69 Å². The molecule has 3 aliphatic heterocycles. The van der Waals surface area contributed by atoms with Crippen LogP contribution in [0.1, 0.15) is 6.92 Å². The van der Waals surface area contributed by atoms with Gasteiger partial charge in [0.2, 0.25) is 11.8 Å². The van der Waals surface area contributed by atoms with Crippen molar-refractivity contribution < 1.29 is 14.3 Å². The van der Waals surface area contributed by atoms with Gasteiger partial charge in [0.15, 0.2) is 0 Å². The molecule has 2 amide bonds. The highest BCUT2D eigenvalue weighted by atomic mass is 35.5. The molecule has 0 radical (unpaired) electrons. The van der Waals surface area contributed by atoms with Crippen LogP contribution in [-0.4, -0.2) is 23.5 Å². The lowest BCUT2D eigenvalue weighted by atomic mass is 9.78. The summed E-state index contributed by atoms with van der Waals surface area (Å²) < 4.78 is 5.77. The van der Waals surface area contributed by atoms with Crippen LogP contribution in [0.2, 0.25) is 5.02 Å². The normalized spacial score (nSPS) is 37.9. The maximum Gasteiger partial charge on any atom is 0.241 e. The van der Waals surface area contributed by atoms with Gasteiger partial charge < -0.3 is 4.74 Å². The molecule has 5 heteroatoms. The first-order valence-electron chi connectivity index (χ1n) is 6.52. The fourth-order valence-corrected chi connectivity index (χ4v) is 3.74. The number of benzene rings is 1. The number of carbonyl (C=O) groups excluding carboxylic acids is 2. The minimum Gasteiger partial charge on any atom is -0.362 e. The zero-order valence-electron chi connectivity index (χ0n) is 10.7. The van der Waals surface area contributed by atoms with E-state index < -0.39 is 17.4 Å². The van der Waals surface area contributed by atoms with Crippen LogP contribution < -0.4 is 4.90 Å². The third kappa shape index (κ3) is 1.30. The standard InChI is InChI=1S/C15H12ClNO3/c1-15-7-6-10(20-15)11-12(15)14(19)17(13(11)18)9-5-3-2-4-8(9)16/h2-7,10-12H,1H3. The second-order valence-corrected chi connectivity index (χ2v) is 6.00. The van der Waals surface area contributed by atoms with E-state index in [4.69, 9.17) is 16.3 Å². The van der Waals surface area contributed by atoms with Crippen molar-refractivity contribution in [3.8, 4) is 0 Å². The van der Waals surface area contributed by atoms with E-state index in [9.17, 15) is 9.59 Å². The van der Waals surface area contributed by atoms with Gasteiger partial charge in [0.25, 0.3) is 0 Å². The number of hydrogen-bond acceptors (Lipinski definition) is 3. The van der Waals surface area contributed by atoms with E-state index in [2.05, 4.69) is 0 Å². The molecular formula is C15H12ClNO3. The molecule has 4 rings (SSSR count). The summed E-state index contributed by atoms with van der Waals surface area (Å²) in [5.41, 5.74) is -0.209. The Bertz CT molecular complexity index is 671. The molecule has 1 aromatic rings. The quantitative estimate of drug-likeness (QED) is 0.588. The van der Waals surface area contributed by atoms with E-state index in [-0.39, 0.29) is 17.9 Å². The van der Waals surface area contributed by atoms with Gasteiger partial charge in [-0.2, -0.15) is 0 Å². The minimum atomic E-state index is -0.669. The molecular weight excluding hydrogens is 278 g/mol. The van der Waals surface area contributed by atoms with E-state index in [0.717, 1.165) is 0 Å². The Balaban J connectivity index is 1.82. The summed E-state index contributed by atoms with van der Waals surface area (Å²) in [6.07, 6.45) is 3.47. The molecule has 2 fully saturated rings. The van der Waals surface area contributed by atoms with E-state index >= 15 is 0 Å². The Morgan fingerprint density at radius 1 is 1.25 bits per heavy atom. The summed E-state index contributed by atoms with van der Waals surface area (Å²) in [6, 6.07) is 6.91. The predicted octanol–water partition coefficient (Wildman–Crippen LogP) is 2.17. The van der Waals surface area contributed by atoms with Gasteiger partial charge >= 0.3 is 0 Å². The van der Waals surface area contributed by atoms with Gasteiger partial charge in [0.05, 0.1) is 34.3 Å². The highest BCUT2D eigenvalue weighted by Gasteiger charge is 2.66. The third-order valence-electron chi connectivity index (χ3n) is 4.42. The molecule has 20 heavy (non-hydrogen) atoms. The van der Waals surface area contributed by atoms with Crippen molar-refractivity contribution in [1.29, 1.82) is 0 Å². The Morgan fingerprint density at radius 2 is 2.00 bits per heavy atom. The summed E-state index contributed by atoms with van der Waals surface area (Å²) in [4.78, 5) is 26.5. The number of rotatable bonds is 1. The molecule has 0 aliphatic carbocycles. The number of nitrogens with zero attached hydrogens (tertiary/aromatic N) is 1. The van der Waals surface area contributed by atoms with Crippen LogP contribution in [0.5, 0.6) is 0 Å². The van der Waals surface area contributed by atoms with Crippen molar-refractivity contribution in [3.63, 3.8) is 0 Å². The first-order valence-corrected chi connectivity index (χ1v) is 6.90. The topological polar surface area (TPSA) is 46.6 Å². The zero-order valence-corrected chi connectivity index (χ0v) is 11.5. The van der Waals surface area contributed by atoms with Gasteiger partial charge in [-0.05, 0) is 19.1 Å². The maximum atomic E-state index is 12.7. The number of para-hydroxylation sites is 1. The summed E-state index contributed by atoms with van der Waals surface area (Å²) in [7, 11) is 0. The zero-order chi connectivity index (χ0) is 14.1. The SMILES string of the molecule is CC12C=CC(O1)C1C(=O)N(c3ccccc3Cl)C(=O)C12. The highest BCUT2D eigenvalue weighted by molar-refractivity contribution is 6.36. The number of carbonyl (C=O) groups is 2. The monoisotopic (exact) mass is 289 g/mol. The molecule has 102 valence electrons. The third-order valence-corrected chi connectivity index (χ3v) is 4.74. The number of fused-ring (bicyclic) bond motifs is 5. The lowest BCUT2D eigenvalue weighted by Gasteiger charge is -2.24. The number of amides is 2. The highest BCUT2D eigenvalue weighted by Crippen LogP contribution is 2.52. The summed E-state index contributed by atoms with van der Waals surface area (Å²) in [5.74, 6) is -1.30. The van der Waals surface area contributed by atoms with E-state index in [0.29, 0.717) is 10.7 Å². The van der Waals surface area contributed by atoms with Gasteiger partial charge in [-0.25, -0.2) is 4.90 Å². The van der Waals surface area contributed by atoms with Crippen molar-refractivity contribution >= 4 is 29.1 Å². The van der Waals surface area contributed by atoms with Crippen LogP contribution in [0.3, 0.4) is 0 Å². The van der Waals surface area contributed by atoms with Crippen molar-refractivity contribution in [3.05, 3.63) is 41.4 Å². The molecule has 1 aromatic carbocycles. The number of imide groups is 1. The minimum absolute atomic E-state index is 0.217. The van der Waals surface area contributed by atoms with E-state index in [1.54, 1.807) is 24.3 Å². The molecule has 0 aromatic heterocycles. The number of halogens is 1. The van der Waals surface area contributed by atoms with E-state index in [1.807, 2.05) is 19.1 Å². The molecule has 3 aliphatic rings. The van der Waals surface area contributed by atoms with Crippen LogP contribution in [0, 0.1) is 11.8 Å². The van der Waals surface area contributed by atoms with Gasteiger partial charge in [-0.3, -0.25) is 9.59 Å². The number of anilines is 1. The molecule has 0 saturated carbocycles. The van der Waals surface area contributed by atoms with Gasteiger partial charge in [0, 0.05) is 0 Å². The Kier molecular flexibility index (Phi) is 2.25. The average Bonchev–Trinajstić information content (AvgIpc) is 3.01. The first-order chi connectivity index (χ1) is 9.53. The first kappa shape index (κ1) is 12.1. The summed E-state index contributed by atoms with van der Waals surface area (Å²) in [6.45, 7) is 1.86. The second-order valence-electron chi connectivity index (χ2n) is 5.59. The number of ether oxygens (including phenoxy) is 1. The van der Waals surface area contributed by atoms with Gasteiger partial charge in [-0.1, -0.05) is 35.9 Å². The molecule has 4 atom stereocenters. The van der Waals surface area contributed by atoms with Crippen molar-refractivity contribution in [2.45, 2.75) is 18.6 Å². The molecule has 0 N–H and O–H groups in total. The lowest BCUT2D eigenvalue weighted by molar-refractivity contribution is -0.126. The van der Waals surface area contributed by atoms with Crippen LogP contribution in [0.25, 0.3) is 0 Å². The van der Waals surface area contributed by atoms with Crippen LogP contribution >= 0.6 is 11.6 Å². The van der Waals surface area contributed by atoms with E-state index in [1.165, 1.54) is 4.90 Å². The predicted molar refractivity (Wildman–Crippen MR) is 73.3 cm³/mol.